The molecule has 96 valence electrons. The van der Waals surface area contributed by atoms with Crippen LogP contribution in [0.1, 0.15) is 17.1 Å². The third kappa shape index (κ3) is 2.90. The van der Waals surface area contributed by atoms with Crippen molar-refractivity contribution in [3.05, 3.63) is 47.5 Å². The summed E-state index contributed by atoms with van der Waals surface area (Å²) in [4.78, 5) is 4.59. The van der Waals surface area contributed by atoms with Crippen molar-refractivity contribution in [2.24, 2.45) is 12.8 Å². The van der Waals surface area contributed by atoms with Crippen LogP contribution in [0.3, 0.4) is 0 Å². The zero-order valence-corrected chi connectivity index (χ0v) is 10.9. The molecule has 1 heterocycles. The van der Waals surface area contributed by atoms with Gasteiger partial charge in [-0.2, -0.15) is 0 Å². The van der Waals surface area contributed by atoms with Crippen LogP contribution in [0.5, 0.6) is 5.75 Å². The summed E-state index contributed by atoms with van der Waals surface area (Å²) in [6.45, 7) is 0.635. The Labute approximate surface area is 107 Å². The van der Waals surface area contributed by atoms with Crippen molar-refractivity contribution in [3.63, 3.8) is 0 Å². The molecule has 1 aromatic carbocycles. The van der Waals surface area contributed by atoms with E-state index >= 15 is 0 Å². The molecule has 2 aromatic rings. The maximum absolute atomic E-state index is 5.54. The largest absolute Gasteiger partial charge is 0.497 e. The summed E-state index contributed by atoms with van der Waals surface area (Å²) in [5, 5.41) is 0. The molecule has 0 fully saturated rings. The maximum Gasteiger partial charge on any atom is 0.119 e. The van der Waals surface area contributed by atoms with E-state index in [1.54, 1.807) is 7.11 Å². The summed E-state index contributed by atoms with van der Waals surface area (Å²) >= 11 is 0. The molecule has 0 saturated carbocycles. The van der Waals surface area contributed by atoms with Gasteiger partial charge >= 0.3 is 0 Å². The minimum atomic E-state index is 0.635. The summed E-state index contributed by atoms with van der Waals surface area (Å²) < 4.78 is 7.28. The molecule has 4 nitrogen and oxygen atoms in total. The Morgan fingerprint density at radius 1 is 1.39 bits per heavy atom. The number of methoxy groups -OCH3 is 1. The molecule has 0 spiro atoms. The zero-order chi connectivity index (χ0) is 13.0. The van der Waals surface area contributed by atoms with Gasteiger partial charge in [-0.3, -0.25) is 0 Å². The van der Waals surface area contributed by atoms with Crippen molar-refractivity contribution in [2.45, 2.75) is 12.8 Å². The Hall–Kier alpha value is -1.81. The first-order valence-corrected chi connectivity index (χ1v) is 6.07. The number of hydrogen-bond donors (Lipinski definition) is 1. The lowest BCUT2D eigenvalue weighted by molar-refractivity contribution is 0.414. The van der Waals surface area contributed by atoms with Crippen LogP contribution in [-0.2, 0) is 19.9 Å². The van der Waals surface area contributed by atoms with Gasteiger partial charge in [0, 0.05) is 26.1 Å². The van der Waals surface area contributed by atoms with Gasteiger partial charge in [0.2, 0.25) is 0 Å². The van der Waals surface area contributed by atoms with E-state index in [9.17, 15) is 0 Å². The van der Waals surface area contributed by atoms with E-state index in [0.717, 1.165) is 30.1 Å². The molecule has 2 N–H and O–H groups in total. The Morgan fingerprint density at radius 2 is 2.22 bits per heavy atom. The number of aromatic nitrogens is 2. The Balaban J connectivity index is 2.17. The third-order valence-electron chi connectivity index (χ3n) is 2.92. The van der Waals surface area contributed by atoms with Crippen LogP contribution in [0.4, 0.5) is 0 Å². The van der Waals surface area contributed by atoms with Crippen molar-refractivity contribution in [3.8, 4) is 5.75 Å². The van der Waals surface area contributed by atoms with Crippen molar-refractivity contribution in [2.75, 3.05) is 13.7 Å². The molecular formula is C14H19N3O. The average molecular weight is 245 g/mol. The second-order valence-corrected chi connectivity index (χ2v) is 4.33. The maximum atomic E-state index is 5.54. The Bertz CT molecular complexity index is 520. The van der Waals surface area contributed by atoms with Gasteiger partial charge in [0.05, 0.1) is 12.8 Å². The second-order valence-electron chi connectivity index (χ2n) is 4.33. The molecule has 0 radical (unpaired) electrons. The molecule has 4 heteroatoms. The van der Waals surface area contributed by atoms with Gasteiger partial charge in [-0.05, 0) is 24.2 Å². The lowest BCUT2D eigenvalue weighted by atomic mass is 10.1. The fourth-order valence-electron chi connectivity index (χ4n) is 1.97. The highest BCUT2D eigenvalue weighted by Crippen LogP contribution is 2.15. The van der Waals surface area contributed by atoms with E-state index in [4.69, 9.17) is 10.5 Å². The highest BCUT2D eigenvalue weighted by Gasteiger charge is 2.06. The quantitative estimate of drug-likeness (QED) is 0.869. The van der Waals surface area contributed by atoms with Gasteiger partial charge in [0.25, 0.3) is 0 Å². The molecule has 0 amide bonds. The van der Waals surface area contributed by atoms with E-state index in [-0.39, 0.29) is 0 Å². The lowest BCUT2D eigenvalue weighted by Crippen LogP contribution is -2.03. The predicted octanol–water partition coefficient (Wildman–Crippen LogP) is 1.52. The first kappa shape index (κ1) is 12.6. The number of hydrogen-bond acceptors (Lipinski definition) is 3. The van der Waals surface area contributed by atoms with Crippen LogP contribution in [0.25, 0.3) is 0 Å². The summed E-state index contributed by atoms with van der Waals surface area (Å²) in [5.74, 6) is 1.93. The van der Waals surface area contributed by atoms with Gasteiger partial charge in [0.15, 0.2) is 0 Å². The molecule has 0 saturated heterocycles. The number of nitrogens with two attached hydrogens (primary N) is 1. The summed E-state index contributed by atoms with van der Waals surface area (Å²) in [6, 6.07) is 8.07. The number of rotatable bonds is 5. The molecule has 1 aromatic heterocycles. The van der Waals surface area contributed by atoms with E-state index in [2.05, 4.69) is 15.6 Å². The van der Waals surface area contributed by atoms with E-state index in [0.29, 0.717) is 6.54 Å². The van der Waals surface area contributed by atoms with Crippen molar-refractivity contribution < 1.29 is 4.74 Å². The van der Waals surface area contributed by atoms with Crippen LogP contribution >= 0.6 is 0 Å². The number of aryl methyl sites for hydroxylation is 1. The standard InChI is InChI=1S/C14H19N3O/c1-17-10-12(6-7-15)16-14(17)9-11-4-3-5-13(8-11)18-2/h3-5,8,10H,6-7,9,15H2,1-2H3. The van der Waals surface area contributed by atoms with E-state index in [1.165, 1.54) is 5.56 Å². The molecule has 0 aliphatic heterocycles. The first-order valence-electron chi connectivity index (χ1n) is 6.07. The van der Waals surface area contributed by atoms with Crippen molar-refractivity contribution in [1.82, 2.24) is 9.55 Å². The summed E-state index contributed by atoms with van der Waals surface area (Å²) in [7, 11) is 3.70. The third-order valence-corrected chi connectivity index (χ3v) is 2.92. The molecule has 0 aliphatic carbocycles. The van der Waals surface area contributed by atoms with Gasteiger partial charge in [-0.1, -0.05) is 12.1 Å². The first-order chi connectivity index (χ1) is 8.72. The normalized spacial score (nSPS) is 10.6. The van der Waals surface area contributed by atoms with Gasteiger partial charge in [-0.15, -0.1) is 0 Å². The SMILES string of the molecule is COc1cccc(Cc2nc(CCN)cn2C)c1. The number of ether oxygens (including phenoxy) is 1. The molecule has 2 rings (SSSR count). The smallest absolute Gasteiger partial charge is 0.119 e. The molecular weight excluding hydrogens is 226 g/mol. The predicted molar refractivity (Wildman–Crippen MR) is 71.8 cm³/mol. The van der Waals surface area contributed by atoms with Crippen LogP contribution in [0, 0.1) is 0 Å². The number of imidazole rings is 1. The van der Waals surface area contributed by atoms with Crippen LogP contribution in [0.2, 0.25) is 0 Å². The zero-order valence-electron chi connectivity index (χ0n) is 10.9. The molecule has 0 bridgehead atoms. The fraction of sp³-hybridized carbons (Fsp3) is 0.357. The minimum absolute atomic E-state index is 0.635. The fourth-order valence-corrected chi connectivity index (χ4v) is 1.97. The van der Waals surface area contributed by atoms with E-state index < -0.39 is 0 Å². The topological polar surface area (TPSA) is 53.1 Å². The van der Waals surface area contributed by atoms with Crippen molar-refractivity contribution in [1.29, 1.82) is 0 Å². The van der Waals surface area contributed by atoms with Crippen LogP contribution < -0.4 is 10.5 Å². The highest BCUT2D eigenvalue weighted by atomic mass is 16.5. The summed E-state index contributed by atoms with van der Waals surface area (Å²) in [5.41, 5.74) is 7.79. The minimum Gasteiger partial charge on any atom is -0.497 e. The average Bonchev–Trinajstić information content (AvgIpc) is 2.70. The summed E-state index contributed by atoms with van der Waals surface area (Å²) in [6.07, 6.45) is 3.67. The van der Waals surface area contributed by atoms with Crippen LogP contribution in [0.15, 0.2) is 30.5 Å². The number of benzene rings is 1. The number of nitrogens with zero attached hydrogens (tertiary/aromatic N) is 2. The monoisotopic (exact) mass is 245 g/mol. The lowest BCUT2D eigenvalue weighted by Gasteiger charge is -2.04. The highest BCUT2D eigenvalue weighted by molar-refractivity contribution is 5.30. The van der Waals surface area contributed by atoms with Gasteiger partial charge in [-0.25, -0.2) is 4.98 Å². The Kier molecular flexibility index (Phi) is 3.99. The molecule has 0 aliphatic rings. The van der Waals surface area contributed by atoms with E-state index in [1.807, 2.05) is 31.4 Å². The van der Waals surface area contributed by atoms with Gasteiger partial charge < -0.3 is 15.0 Å². The van der Waals surface area contributed by atoms with Gasteiger partial charge in [0.1, 0.15) is 11.6 Å². The van der Waals surface area contributed by atoms with Crippen LogP contribution in [-0.4, -0.2) is 23.2 Å². The molecule has 18 heavy (non-hydrogen) atoms. The van der Waals surface area contributed by atoms with Crippen molar-refractivity contribution >= 4 is 0 Å². The Morgan fingerprint density at radius 3 is 2.94 bits per heavy atom. The molecule has 0 unspecified atom stereocenters. The molecule has 0 atom stereocenters. The second kappa shape index (κ2) is 5.69.